The molecule has 1 amide bonds. The largest absolute Gasteiger partial charge is 0.397 e. The van der Waals surface area contributed by atoms with Gasteiger partial charge in [-0.05, 0) is 25.1 Å². The molecule has 1 heterocycles. The van der Waals surface area contributed by atoms with Gasteiger partial charge in [-0.15, -0.1) is 11.3 Å². The quantitative estimate of drug-likeness (QED) is 0.882. The Morgan fingerprint density at radius 2 is 2.14 bits per heavy atom. The Balaban J connectivity index is 2.22. The minimum absolute atomic E-state index is 0.196. The van der Waals surface area contributed by atoms with Gasteiger partial charge in [0.25, 0.3) is 5.91 Å². The molecular formula is C13H12ClF3N2OS. The molecule has 0 fully saturated rings. The molecule has 0 aliphatic heterocycles. The summed E-state index contributed by atoms with van der Waals surface area (Å²) >= 11 is 6.96. The molecule has 0 aliphatic carbocycles. The van der Waals surface area contributed by atoms with Crippen molar-refractivity contribution in [3.63, 3.8) is 0 Å². The van der Waals surface area contributed by atoms with Crippen molar-refractivity contribution in [2.75, 3.05) is 5.73 Å². The number of nitrogen functional groups attached to an aromatic ring is 1. The van der Waals surface area contributed by atoms with Gasteiger partial charge in [0.1, 0.15) is 4.88 Å². The van der Waals surface area contributed by atoms with Crippen molar-refractivity contribution >= 4 is 44.6 Å². The minimum Gasteiger partial charge on any atom is -0.397 e. The predicted octanol–water partition coefficient (Wildman–Crippen LogP) is 4.21. The first kappa shape index (κ1) is 15.9. The number of anilines is 1. The number of rotatable bonds is 3. The maximum absolute atomic E-state index is 12.3. The van der Waals surface area contributed by atoms with E-state index in [0.29, 0.717) is 15.1 Å². The first-order chi connectivity index (χ1) is 9.67. The van der Waals surface area contributed by atoms with Crippen LogP contribution in [0.25, 0.3) is 10.1 Å². The number of carbonyl (C=O) groups is 1. The lowest BCUT2D eigenvalue weighted by molar-refractivity contribution is -0.138. The van der Waals surface area contributed by atoms with Crippen LogP contribution in [-0.2, 0) is 0 Å². The number of thiophene rings is 1. The molecule has 21 heavy (non-hydrogen) atoms. The molecule has 3 N–H and O–H groups in total. The monoisotopic (exact) mass is 336 g/mol. The number of alkyl halides is 3. The van der Waals surface area contributed by atoms with Crippen molar-refractivity contribution in [1.82, 2.24) is 5.32 Å². The van der Waals surface area contributed by atoms with E-state index >= 15 is 0 Å². The summed E-state index contributed by atoms with van der Waals surface area (Å²) < 4.78 is 37.5. The molecule has 1 aromatic carbocycles. The van der Waals surface area contributed by atoms with Crippen LogP contribution in [0.4, 0.5) is 18.9 Å². The average Bonchev–Trinajstić information content (AvgIpc) is 2.63. The standard InChI is InChI=1S/C13H12ClF3N2OS/c1-6(5-13(15,16)17)19-12(20)11-10(18)8-3-2-7(14)4-9(8)21-11/h2-4,6H,5,18H2,1H3,(H,19,20). The van der Waals surface area contributed by atoms with Crippen molar-refractivity contribution in [2.45, 2.75) is 25.6 Å². The van der Waals surface area contributed by atoms with Crippen LogP contribution in [0.1, 0.15) is 23.0 Å². The third-order valence-electron chi connectivity index (χ3n) is 2.81. The summed E-state index contributed by atoms with van der Waals surface area (Å²) in [6.45, 7) is 1.30. The van der Waals surface area contributed by atoms with E-state index < -0.39 is 24.5 Å². The van der Waals surface area contributed by atoms with Crippen LogP contribution in [0.15, 0.2) is 18.2 Å². The summed E-state index contributed by atoms with van der Waals surface area (Å²) in [5, 5.41) is 3.47. The highest BCUT2D eigenvalue weighted by Crippen LogP contribution is 2.35. The highest BCUT2D eigenvalue weighted by molar-refractivity contribution is 7.21. The van der Waals surface area contributed by atoms with E-state index in [2.05, 4.69) is 5.32 Å². The van der Waals surface area contributed by atoms with E-state index in [1.54, 1.807) is 18.2 Å². The molecule has 0 saturated heterocycles. The molecule has 0 aliphatic rings. The lowest BCUT2D eigenvalue weighted by Gasteiger charge is -2.15. The van der Waals surface area contributed by atoms with Crippen LogP contribution in [-0.4, -0.2) is 18.1 Å². The van der Waals surface area contributed by atoms with Gasteiger partial charge >= 0.3 is 6.18 Å². The Morgan fingerprint density at radius 3 is 2.76 bits per heavy atom. The Kier molecular flexibility index (Phi) is 4.34. The number of amides is 1. The Labute approximate surface area is 127 Å². The first-order valence-electron chi connectivity index (χ1n) is 6.02. The lowest BCUT2D eigenvalue weighted by atomic mass is 10.2. The second kappa shape index (κ2) is 5.73. The SMILES string of the molecule is CC(CC(F)(F)F)NC(=O)c1sc2cc(Cl)ccc2c1N. The minimum atomic E-state index is -4.33. The molecule has 0 radical (unpaired) electrons. The Morgan fingerprint density at radius 1 is 1.48 bits per heavy atom. The molecule has 1 unspecified atom stereocenters. The number of hydrogen-bond acceptors (Lipinski definition) is 3. The second-order valence-electron chi connectivity index (χ2n) is 4.68. The number of carbonyl (C=O) groups excluding carboxylic acids is 1. The van der Waals surface area contributed by atoms with Gasteiger partial charge in [-0.3, -0.25) is 4.79 Å². The van der Waals surface area contributed by atoms with Gasteiger partial charge in [-0.1, -0.05) is 11.6 Å². The smallest absolute Gasteiger partial charge is 0.391 e. The maximum atomic E-state index is 12.3. The zero-order valence-electron chi connectivity index (χ0n) is 10.9. The van der Waals surface area contributed by atoms with E-state index in [-0.39, 0.29) is 10.6 Å². The molecule has 2 aromatic rings. The summed E-state index contributed by atoms with van der Waals surface area (Å²) in [6.07, 6.45) is -5.42. The van der Waals surface area contributed by atoms with Crippen LogP contribution in [0.3, 0.4) is 0 Å². The number of halogens is 4. The molecule has 114 valence electrons. The van der Waals surface area contributed by atoms with Crippen LogP contribution < -0.4 is 11.1 Å². The van der Waals surface area contributed by atoms with Crippen LogP contribution in [0.2, 0.25) is 5.02 Å². The molecular weight excluding hydrogens is 325 g/mol. The van der Waals surface area contributed by atoms with Crippen molar-refractivity contribution in [3.8, 4) is 0 Å². The fraction of sp³-hybridized carbons (Fsp3) is 0.308. The molecule has 1 aromatic heterocycles. The van der Waals surface area contributed by atoms with E-state index in [4.69, 9.17) is 17.3 Å². The Bertz CT molecular complexity index is 684. The van der Waals surface area contributed by atoms with Gasteiger partial charge in [0, 0.05) is 21.2 Å². The van der Waals surface area contributed by atoms with Gasteiger partial charge in [0.15, 0.2) is 0 Å². The van der Waals surface area contributed by atoms with E-state index in [1.807, 2.05) is 0 Å². The van der Waals surface area contributed by atoms with Gasteiger partial charge < -0.3 is 11.1 Å². The average molecular weight is 337 g/mol. The van der Waals surface area contributed by atoms with Crippen LogP contribution >= 0.6 is 22.9 Å². The fourth-order valence-electron chi connectivity index (χ4n) is 1.95. The zero-order valence-corrected chi connectivity index (χ0v) is 12.5. The molecule has 0 bridgehead atoms. The van der Waals surface area contributed by atoms with Crippen LogP contribution in [0, 0.1) is 0 Å². The topological polar surface area (TPSA) is 55.1 Å². The van der Waals surface area contributed by atoms with E-state index in [0.717, 1.165) is 11.3 Å². The van der Waals surface area contributed by atoms with Crippen molar-refractivity contribution in [1.29, 1.82) is 0 Å². The second-order valence-corrected chi connectivity index (χ2v) is 6.17. The van der Waals surface area contributed by atoms with Gasteiger partial charge in [-0.25, -0.2) is 0 Å². The van der Waals surface area contributed by atoms with Crippen molar-refractivity contribution in [3.05, 3.63) is 28.1 Å². The van der Waals surface area contributed by atoms with Crippen molar-refractivity contribution < 1.29 is 18.0 Å². The number of nitrogens with two attached hydrogens (primary N) is 1. The number of nitrogens with one attached hydrogen (secondary N) is 1. The molecule has 0 saturated carbocycles. The molecule has 1 atom stereocenters. The third-order valence-corrected chi connectivity index (χ3v) is 4.21. The lowest BCUT2D eigenvalue weighted by Crippen LogP contribution is -2.35. The van der Waals surface area contributed by atoms with Gasteiger partial charge in [0.05, 0.1) is 12.1 Å². The molecule has 3 nitrogen and oxygen atoms in total. The zero-order chi connectivity index (χ0) is 15.8. The summed E-state index contributed by atoms with van der Waals surface area (Å²) in [5.41, 5.74) is 6.13. The van der Waals surface area contributed by atoms with E-state index in [1.165, 1.54) is 6.92 Å². The predicted molar refractivity (Wildman–Crippen MR) is 78.8 cm³/mol. The molecule has 2 rings (SSSR count). The third kappa shape index (κ3) is 3.79. The highest BCUT2D eigenvalue weighted by Gasteiger charge is 2.31. The summed E-state index contributed by atoms with van der Waals surface area (Å²) in [5.74, 6) is -0.610. The molecule has 8 heteroatoms. The van der Waals surface area contributed by atoms with Gasteiger partial charge in [0.2, 0.25) is 0 Å². The fourth-order valence-corrected chi connectivity index (χ4v) is 3.25. The van der Waals surface area contributed by atoms with Crippen molar-refractivity contribution in [2.24, 2.45) is 0 Å². The van der Waals surface area contributed by atoms with E-state index in [9.17, 15) is 18.0 Å². The Hall–Kier alpha value is -1.47. The maximum Gasteiger partial charge on any atom is 0.391 e. The van der Waals surface area contributed by atoms with Gasteiger partial charge in [-0.2, -0.15) is 13.2 Å². The molecule has 0 spiro atoms. The summed E-state index contributed by atoms with van der Waals surface area (Å²) in [4.78, 5) is 12.2. The number of hydrogen-bond donors (Lipinski definition) is 2. The first-order valence-corrected chi connectivity index (χ1v) is 7.22. The number of fused-ring (bicyclic) bond motifs is 1. The van der Waals surface area contributed by atoms with Crippen LogP contribution in [0.5, 0.6) is 0 Å². The number of benzene rings is 1. The summed E-state index contributed by atoms with van der Waals surface area (Å²) in [6, 6.07) is 3.96. The normalized spacial score (nSPS) is 13.4. The summed E-state index contributed by atoms with van der Waals surface area (Å²) in [7, 11) is 0. The highest BCUT2D eigenvalue weighted by atomic mass is 35.5.